The lowest BCUT2D eigenvalue weighted by atomic mass is 9.90. The molecule has 0 fully saturated rings. The molecule has 0 bridgehead atoms. The van der Waals surface area contributed by atoms with E-state index in [4.69, 9.17) is 0 Å². The molecule has 0 aliphatic heterocycles. The van der Waals surface area contributed by atoms with Crippen LogP contribution in [0.5, 0.6) is 0 Å². The van der Waals surface area contributed by atoms with Gasteiger partial charge in [-0.05, 0) is 100 Å². The van der Waals surface area contributed by atoms with Gasteiger partial charge in [0.15, 0.2) is 0 Å². The maximum Gasteiger partial charge on any atom is 0.0154 e. The molecule has 0 N–H and O–H groups in total. The molecule has 0 nitrogen and oxygen atoms in total. The van der Waals surface area contributed by atoms with Crippen molar-refractivity contribution in [1.29, 1.82) is 0 Å². The van der Waals surface area contributed by atoms with Crippen molar-refractivity contribution in [3.05, 3.63) is 156 Å². The summed E-state index contributed by atoms with van der Waals surface area (Å²) in [6.07, 6.45) is 7.69. The van der Waals surface area contributed by atoms with Crippen molar-refractivity contribution in [1.82, 2.24) is 0 Å². The second-order valence-electron chi connectivity index (χ2n) is 11.1. The van der Waals surface area contributed by atoms with Gasteiger partial charge < -0.3 is 0 Å². The van der Waals surface area contributed by atoms with E-state index in [1.165, 1.54) is 64.4 Å². The molecular weight excluding hydrogens is 557 g/mol. The van der Waals surface area contributed by atoms with Crippen molar-refractivity contribution in [2.24, 2.45) is 0 Å². The van der Waals surface area contributed by atoms with Crippen LogP contribution in [0.2, 0.25) is 0 Å². The summed E-state index contributed by atoms with van der Waals surface area (Å²) >= 11 is 3.99. The monoisotopic (exact) mass is 596 g/mol. The quantitative estimate of drug-likeness (QED) is 0.0876. The van der Waals surface area contributed by atoms with Gasteiger partial charge >= 0.3 is 0 Å². The van der Waals surface area contributed by atoms with Gasteiger partial charge in [-0.1, -0.05) is 122 Å². The highest BCUT2D eigenvalue weighted by Gasteiger charge is 2.17. The first-order valence-corrected chi connectivity index (χ1v) is 16.9. The maximum absolute atomic E-state index is 3.66. The highest BCUT2D eigenvalue weighted by Crippen LogP contribution is 2.44. The SMILES string of the molecule is C=C/C=C\C(=C)C.Cc1cc(SCCc2ccccc2)c2ccc3c(C)cc(SCCc4ccccc4)c4ccc1c2c34. The predicted molar refractivity (Wildman–Crippen MR) is 196 cm³/mol. The Kier molecular flexibility index (Phi) is 10.5. The van der Waals surface area contributed by atoms with E-state index < -0.39 is 0 Å². The molecule has 216 valence electrons. The minimum atomic E-state index is 1.06. The molecule has 0 unspecified atom stereocenters. The molecule has 2 heteroatoms. The van der Waals surface area contributed by atoms with Crippen LogP contribution in [0.4, 0.5) is 0 Å². The van der Waals surface area contributed by atoms with E-state index in [0.29, 0.717) is 0 Å². The summed E-state index contributed by atoms with van der Waals surface area (Å²) in [6, 6.07) is 35.9. The zero-order chi connectivity index (χ0) is 30.2. The summed E-state index contributed by atoms with van der Waals surface area (Å²) in [7, 11) is 0. The lowest BCUT2D eigenvalue weighted by Gasteiger charge is -2.19. The molecule has 0 aromatic heterocycles. The average molecular weight is 597 g/mol. The number of thioether (sulfide) groups is 2. The van der Waals surface area contributed by atoms with Gasteiger partial charge in [0, 0.05) is 21.3 Å². The first-order chi connectivity index (χ1) is 21.0. The summed E-state index contributed by atoms with van der Waals surface area (Å²) in [6.45, 7) is 13.7. The minimum Gasteiger partial charge on any atom is -0.125 e. The van der Waals surface area contributed by atoms with Crippen LogP contribution in [0.15, 0.2) is 144 Å². The molecule has 0 amide bonds. The van der Waals surface area contributed by atoms with Gasteiger partial charge in [0.2, 0.25) is 0 Å². The van der Waals surface area contributed by atoms with Gasteiger partial charge in [-0.2, -0.15) is 0 Å². The van der Waals surface area contributed by atoms with Gasteiger partial charge in [-0.3, -0.25) is 0 Å². The van der Waals surface area contributed by atoms with E-state index >= 15 is 0 Å². The zero-order valence-electron chi connectivity index (χ0n) is 25.5. The number of benzene rings is 6. The predicted octanol–water partition coefficient (Wildman–Crippen LogP) is 12.2. The Morgan fingerprint density at radius 2 is 1.05 bits per heavy atom. The van der Waals surface area contributed by atoms with E-state index in [1.807, 2.05) is 42.6 Å². The Morgan fingerprint density at radius 3 is 1.42 bits per heavy atom. The lowest BCUT2D eigenvalue weighted by molar-refractivity contribution is 1.16. The van der Waals surface area contributed by atoms with Crippen LogP contribution in [0.1, 0.15) is 29.2 Å². The van der Waals surface area contributed by atoms with Gasteiger partial charge in [0.05, 0.1) is 0 Å². The van der Waals surface area contributed by atoms with Gasteiger partial charge in [-0.25, -0.2) is 0 Å². The topological polar surface area (TPSA) is 0 Å². The zero-order valence-corrected chi connectivity index (χ0v) is 27.2. The molecule has 0 spiro atoms. The Bertz CT molecular complexity index is 1740. The molecule has 6 aromatic carbocycles. The van der Waals surface area contributed by atoms with E-state index in [1.54, 1.807) is 6.08 Å². The second kappa shape index (κ2) is 14.6. The smallest absolute Gasteiger partial charge is 0.0154 e. The van der Waals surface area contributed by atoms with Gasteiger partial charge in [0.25, 0.3) is 0 Å². The molecule has 0 aliphatic carbocycles. The van der Waals surface area contributed by atoms with E-state index in [2.05, 4.69) is 124 Å². The Hall–Kier alpha value is -3.72. The largest absolute Gasteiger partial charge is 0.125 e. The summed E-state index contributed by atoms with van der Waals surface area (Å²) in [5, 5.41) is 8.47. The third-order valence-corrected chi connectivity index (χ3v) is 9.85. The van der Waals surface area contributed by atoms with E-state index in [0.717, 1.165) is 29.9 Å². The number of rotatable bonds is 10. The fourth-order valence-corrected chi connectivity index (χ4v) is 7.87. The summed E-state index contributed by atoms with van der Waals surface area (Å²) in [4.78, 5) is 2.82. The van der Waals surface area contributed by atoms with Crippen molar-refractivity contribution in [2.75, 3.05) is 11.5 Å². The highest BCUT2D eigenvalue weighted by atomic mass is 32.2. The molecule has 0 atom stereocenters. The third-order valence-electron chi connectivity index (χ3n) is 7.74. The average Bonchev–Trinajstić information content (AvgIpc) is 3.02. The maximum atomic E-state index is 3.66. The van der Waals surface area contributed by atoms with Crippen molar-refractivity contribution in [3.63, 3.8) is 0 Å². The van der Waals surface area contributed by atoms with Gasteiger partial charge in [0.1, 0.15) is 0 Å². The molecule has 0 radical (unpaired) electrons. The molecule has 6 aromatic rings. The minimum absolute atomic E-state index is 1.06. The van der Waals surface area contributed by atoms with Crippen LogP contribution < -0.4 is 0 Å². The molecule has 0 heterocycles. The molecule has 0 saturated carbocycles. The van der Waals surface area contributed by atoms with Crippen molar-refractivity contribution in [3.8, 4) is 0 Å². The number of hydrogen-bond acceptors (Lipinski definition) is 2. The molecule has 0 saturated heterocycles. The first-order valence-electron chi connectivity index (χ1n) is 15.0. The van der Waals surface area contributed by atoms with Crippen molar-refractivity contribution < 1.29 is 0 Å². The molecule has 6 rings (SSSR count). The van der Waals surface area contributed by atoms with Crippen LogP contribution in [0.25, 0.3) is 32.3 Å². The first kappa shape index (κ1) is 30.7. The van der Waals surface area contributed by atoms with Crippen molar-refractivity contribution in [2.45, 2.75) is 43.4 Å². The van der Waals surface area contributed by atoms with Crippen LogP contribution in [0.3, 0.4) is 0 Å². The van der Waals surface area contributed by atoms with Crippen LogP contribution >= 0.6 is 23.5 Å². The van der Waals surface area contributed by atoms with Crippen LogP contribution in [0, 0.1) is 13.8 Å². The van der Waals surface area contributed by atoms with E-state index in [-0.39, 0.29) is 0 Å². The standard InChI is InChI=1S/C34H30S2.C7H10/c1-23-21-31(35-19-17-25-9-5-3-6-10-25)29-16-14-28-24(2)22-32(30-15-13-27(23)33(29)34(28)30)36-20-18-26-11-7-4-8-12-26;1-4-5-6-7(2)3/h3-16,21-22H,17-20H2,1-2H3;4-6H,1-2H2,3H3/b;6-5-. The molecule has 0 aliphatic rings. The van der Waals surface area contributed by atoms with E-state index in [9.17, 15) is 0 Å². The highest BCUT2D eigenvalue weighted by molar-refractivity contribution is 7.99. The van der Waals surface area contributed by atoms with Crippen LogP contribution in [-0.4, -0.2) is 11.5 Å². The number of aryl methyl sites for hydroxylation is 4. The number of hydrogen-bond donors (Lipinski definition) is 0. The number of allylic oxidation sites excluding steroid dienone is 4. The van der Waals surface area contributed by atoms with Gasteiger partial charge in [-0.15, -0.1) is 23.5 Å². The Balaban J connectivity index is 0.000000472. The Labute approximate surface area is 265 Å². The second-order valence-corrected chi connectivity index (χ2v) is 13.3. The van der Waals surface area contributed by atoms with Crippen molar-refractivity contribution >= 4 is 55.8 Å². The molecule has 43 heavy (non-hydrogen) atoms. The third kappa shape index (κ3) is 7.44. The summed E-state index contributed by atoms with van der Waals surface area (Å²) < 4.78 is 0. The normalized spacial score (nSPS) is 11.3. The van der Waals surface area contributed by atoms with Crippen LogP contribution in [-0.2, 0) is 12.8 Å². The molecular formula is C41H40S2. The lowest BCUT2D eigenvalue weighted by Crippen LogP contribution is -1.94. The summed E-state index contributed by atoms with van der Waals surface area (Å²) in [5.41, 5.74) is 6.62. The summed E-state index contributed by atoms with van der Waals surface area (Å²) in [5.74, 6) is 2.18. The Morgan fingerprint density at radius 1 is 0.628 bits per heavy atom. The fraction of sp³-hybridized carbons (Fsp3) is 0.171. The fourth-order valence-electron chi connectivity index (χ4n) is 5.59.